The molecule has 1 aliphatic rings. The van der Waals surface area contributed by atoms with Crippen LogP contribution in [0, 0.1) is 5.92 Å². The van der Waals surface area contributed by atoms with Crippen LogP contribution in [0.4, 0.5) is 0 Å². The van der Waals surface area contributed by atoms with Gasteiger partial charge < -0.3 is 5.73 Å². The Balaban J connectivity index is 2.52. The van der Waals surface area contributed by atoms with Gasteiger partial charge in [-0.1, -0.05) is 65.2 Å². The Bertz CT molecular complexity index is 255. The van der Waals surface area contributed by atoms with Gasteiger partial charge in [0.05, 0.1) is 0 Å². The first-order valence-electron chi connectivity index (χ1n) is 8.24. The summed E-state index contributed by atoms with van der Waals surface area (Å²) in [7, 11) is -0.734. The van der Waals surface area contributed by atoms with E-state index in [1.807, 2.05) is 0 Å². The Kier molecular flexibility index (Phi) is 8.97. The first kappa shape index (κ1) is 17.2. The second-order valence-corrected chi connectivity index (χ2v) is 8.25. The van der Waals surface area contributed by atoms with Crippen LogP contribution in [0.15, 0.2) is 0 Å². The maximum Gasteiger partial charge on any atom is 0.0499 e. The van der Waals surface area contributed by atoms with Crippen LogP contribution in [0.1, 0.15) is 78.1 Å². The van der Waals surface area contributed by atoms with Gasteiger partial charge in [0.1, 0.15) is 0 Å². The lowest BCUT2D eigenvalue weighted by Gasteiger charge is -2.25. The molecule has 0 saturated heterocycles. The van der Waals surface area contributed by atoms with Crippen molar-refractivity contribution in [1.82, 2.24) is 0 Å². The molecule has 3 heteroatoms. The Hall–Kier alpha value is 0.110. The lowest BCUT2D eigenvalue weighted by molar-refractivity contribution is 0.466. The van der Waals surface area contributed by atoms with Crippen LogP contribution in [0.25, 0.3) is 0 Å². The molecule has 0 heterocycles. The van der Waals surface area contributed by atoms with E-state index in [4.69, 9.17) is 5.73 Å². The zero-order valence-electron chi connectivity index (χ0n) is 12.9. The normalized spacial score (nSPS) is 29.5. The van der Waals surface area contributed by atoms with Gasteiger partial charge in [-0.3, -0.25) is 4.21 Å². The smallest absolute Gasteiger partial charge is 0.0499 e. The molecule has 0 amide bonds. The van der Waals surface area contributed by atoms with Gasteiger partial charge in [-0.25, -0.2) is 0 Å². The fraction of sp³-hybridized carbons (Fsp3) is 1.00. The molecule has 1 fully saturated rings. The molecule has 3 unspecified atom stereocenters. The van der Waals surface area contributed by atoms with Gasteiger partial charge in [0.25, 0.3) is 0 Å². The van der Waals surface area contributed by atoms with Crippen LogP contribution >= 0.6 is 0 Å². The van der Waals surface area contributed by atoms with Crippen LogP contribution in [0.5, 0.6) is 0 Å². The van der Waals surface area contributed by atoms with Crippen molar-refractivity contribution in [3.63, 3.8) is 0 Å². The molecule has 0 aromatic rings. The molecule has 19 heavy (non-hydrogen) atoms. The lowest BCUT2D eigenvalue weighted by Crippen LogP contribution is -2.39. The van der Waals surface area contributed by atoms with Gasteiger partial charge in [0, 0.05) is 27.8 Å². The largest absolute Gasteiger partial charge is 0.327 e. The number of rotatable bonds is 3. The summed E-state index contributed by atoms with van der Waals surface area (Å²) < 4.78 is 12.5. The highest BCUT2D eigenvalue weighted by Gasteiger charge is 2.24. The maximum atomic E-state index is 12.5. The molecule has 0 aromatic heterocycles. The van der Waals surface area contributed by atoms with Gasteiger partial charge in [0.2, 0.25) is 0 Å². The summed E-state index contributed by atoms with van der Waals surface area (Å²) in [5, 5.41) is 0.238. The van der Waals surface area contributed by atoms with Crippen molar-refractivity contribution in [2.75, 3.05) is 5.75 Å². The van der Waals surface area contributed by atoms with Crippen LogP contribution in [-0.4, -0.2) is 21.3 Å². The maximum absolute atomic E-state index is 12.5. The zero-order chi connectivity index (χ0) is 14.1. The minimum atomic E-state index is -0.734. The minimum absolute atomic E-state index is 0.152. The summed E-state index contributed by atoms with van der Waals surface area (Å²) in [6.07, 6.45) is 12.6. The van der Waals surface area contributed by atoms with Crippen molar-refractivity contribution < 1.29 is 4.21 Å². The van der Waals surface area contributed by atoms with E-state index in [0.717, 1.165) is 18.6 Å². The van der Waals surface area contributed by atoms with E-state index in [2.05, 4.69) is 13.8 Å². The van der Waals surface area contributed by atoms with E-state index in [9.17, 15) is 4.21 Å². The predicted molar refractivity (Wildman–Crippen MR) is 85.8 cm³/mol. The lowest BCUT2D eigenvalue weighted by atomic mass is 9.98. The first-order valence-corrected chi connectivity index (χ1v) is 9.62. The second-order valence-electron chi connectivity index (χ2n) is 6.55. The molecule has 3 atom stereocenters. The average Bonchev–Trinajstić information content (AvgIpc) is 2.32. The zero-order valence-corrected chi connectivity index (χ0v) is 13.7. The second kappa shape index (κ2) is 9.93. The monoisotopic (exact) mass is 287 g/mol. The molecule has 0 aromatic carbocycles. The number of hydrogen-bond acceptors (Lipinski definition) is 2. The number of hydrogen-bond donors (Lipinski definition) is 1. The average molecular weight is 288 g/mol. The van der Waals surface area contributed by atoms with Crippen molar-refractivity contribution in [3.8, 4) is 0 Å². The summed E-state index contributed by atoms with van der Waals surface area (Å²) in [5.74, 6) is 1.33. The molecule has 0 bridgehead atoms. The molecule has 1 rings (SSSR count). The summed E-state index contributed by atoms with van der Waals surface area (Å²) in [5.41, 5.74) is 6.34. The highest BCUT2D eigenvalue weighted by Crippen LogP contribution is 2.20. The van der Waals surface area contributed by atoms with Crippen molar-refractivity contribution in [3.05, 3.63) is 0 Å². The molecule has 1 saturated carbocycles. The van der Waals surface area contributed by atoms with Crippen LogP contribution in [-0.2, 0) is 10.8 Å². The van der Waals surface area contributed by atoms with Crippen LogP contribution < -0.4 is 5.73 Å². The van der Waals surface area contributed by atoms with Crippen LogP contribution in [0.3, 0.4) is 0 Å². The standard InChI is InChI=1S/C16H33NOS/c1-14(2)13-19(18)16-12-10-8-6-4-3-5-7-9-11-15(16)17/h14-16H,3-13,17H2,1-2H3. The topological polar surface area (TPSA) is 43.1 Å². The molecule has 0 aliphatic heterocycles. The van der Waals surface area contributed by atoms with Crippen molar-refractivity contribution >= 4 is 10.8 Å². The molecular formula is C16H33NOS. The Morgan fingerprint density at radius 2 is 1.42 bits per heavy atom. The van der Waals surface area contributed by atoms with E-state index in [0.29, 0.717) is 5.92 Å². The quantitative estimate of drug-likeness (QED) is 0.852. The Labute approximate surface area is 122 Å². The highest BCUT2D eigenvalue weighted by atomic mass is 32.2. The summed E-state index contributed by atoms with van der Waals surface area (Å²) in [4.78, 5) is 0. The van der Waals surface area contributed by atoms with E-state index in [1.165, 1.54) is 51.4 Å². The number of nitrogens with two attached hydrogens (primary N) is 1. The van der Waals surface area contributed by atoms with Gasteiger partial charge >= 0.3 is 0 Å². The van der Waals surface area contributed by atoms with Crippen molar-refractivity contribution in [2.45, 2.75) is 89.3 Å². The molecule has 1 aliphatic carbocycles. The fourth-order valence-electron chi connectivity index (χ4n) is 2.96. The van der Waals surface area contributed by atoms with Gasteiger partial charge in [-0.15, -0.1) is 0 Å². The molecular weight excluding hydrogens is 254 g/mol. The Morgan fingerprint density at radius 1 is 0.947 bits per heavy atom. The molecule has 2 N–H and O–H groups in total. The minimum Gasteiger partial charge on any atom is -0.327 e. The van der Waals surface area contributed by atoms with E-state index >= 15 is 0 Å². The molecule has 114 valence electrons. The fourth-order valence-corrected chi connectivity index (χ4v) is 4.82. The third kappa shape index (κ3) is 7.45. The molecule has 0 spiro atoms. The molecule has 0 radical (unpaired) electrons. The van der Waals surface area contributed by atoms with Crippen molar-refractivity contribution in [2.24, 2.45) is 11.7 Å². The van der Waals surface area contributed by atoms with Gasteiger partial charge in [-0.05, 0) is 18.8 Å². The van der Waals surface area contributed by atoms with Gasteiger partial charge in [-0.2, -0.15) is 0 Å². The Morgan fingerprint density at radius 3 is 1.95 bits per heavy atom. The summed E-state index contributed by atoms with van der Waals surface area (Å²) >= 11 is 0. The van der Waals surface area contributed by atoms with E-state index in [1.54, 1.807) is 0 Å². The van der Waals surface area contributed by atoms with Gasteiger partial charge in [0.15, 0.2) is 0 Å². The molecule has 2 nitrogen and oxygen atoms in total. The third-order valence-corrected chi connectivity index (χ3v) is 6.34. The predicted octanol–water partition coefficient (Wildman–Crippen LogP) is 4.00. The van der Waals surface area contributed by atoms with Crippen molar-refractivity contribution in [1.29, 1.82) is 0 Å². The van der Waals surface area contributed by atoms with Crippen LogP contribution in [0.2, 0.25) is 0 Å². The SMILES string of the molecule is CC(C)CS(=O)C1CCCCCCCCCCC1N. The third-order valence-electron chi connectivity index (χ3n) is 4.09. The highest BCUT2D eigenvalue weighted by molar-refractivity contribution is 7.85. The van der Waals surface area contributed by atoms with E-state index in [-0.39, 0.29) is 11.3 Å². The first-order chi connectivity index (χ1) is 9.11. The summed E-state index contributed by atoms with van der Waals surface area (Å²) in [6, 6.07) is 0.152. The van der Waals surface area contributed by atoms with E-state index < -0.39 is 10.8 Å². The summed E-state index contributed by atoms with van der Waals surface area (Å²) in [6.45, 7) is 4.30.